The predicted octanol–water partition coefficient (Wildman–Crippen LogP) is 2.35. The molecule has 2 atom stereocenters. The summed E-state index contributed by atoms with van der Waals surface area (Å²) in [7, 11) is 0. The van der Waals surface area contributed by atoms with E-state index in [1.165, 1.54) is 38.5 Å². The monoisotopic (exact) mass is 241 g/mol. The number of nitrogens with one attached hydrogen (secondary N) is 1. The van der Waals surface area contributed by atoms with E-state index < -0.39 is 0 Å². The first kappa shape index (κ1) is 13.3. The lowest BCUT2D eigenvalue weighted by molar-refractivity contribution is -0.00890. The van der Waals surface area contributed by atoms with E-state index in [0.29, 0.717) is 12.1 Å². The molecule has 1 aliphatic carbocycles. The van der Waals surface area contributed by atoms with Crippen molar-refractivity contribution in [1.82, 2.24) is 5.32 Å². The van der Waals surface area contributed by atoms with Crippen LogP contribution in [0.25, 0.3) is 0 Å². The second-order valence-electron chi connectivity index (χ2n) is 5.48. The van der Waals surface area contributed by atoms with E-state index in [0.717, 1.165) is 32.3 Å². The summed E-state index contributed by atoms with van der Waals surface area (Å²) < 4.78 is 11.4. The number of ether oxygens (including phenoxy) is 2. The molecule has 17 heavy (non-hydrogen) atoms. The van der Waals surface area contributed by atoms with Crippen molar-refractivity contribution in [3.8, 4) is 0 Å². The molecule has 2 aliphatic rings. The summed E-state index contributed by atoms with van der Waals surface area (Å²) in [6.45, 7) is 6.19. The van der Waals surface area contributed by atoms with Crippen LogP contribution in [0.15, 0.2) is 0 Å². The Morgan fingerprint density at radius 1 is 1.18 bits per heavy atom. The molecule has 0 aromatic carbocycles. The van der Waals surface area contributed by atoms with Crippen LogP contribution < -0.4 is 5.32 Å². The van der Waals surface area contributed by atoms with Crippen LogP contribution >= 0.6 is 0 Å². The van der Waals surface area contributed by atoms with Gasteiger partial charge in [0.25, 0.3) is 0 Å². The fourth-order valence-corrected chi connectivity index (χ4v) is 2.81. The molecular formula is C14H27NO2. The summed E-state index contributed by atoms with van der Waals surface area (Å²) in [5.41, 5.74) is 0. The molecule has 2 rings (SSSR count). The van der Waals surface area contributed by atoms with Crippen LogP contribution in [0.4, 0.5) is 0 Å². The van der Waals surface area contributed by atoms with Gasteiger partial charge in [0.1, 0.15) is 0 Å². The summed E-state index contributed by atoms with van der Waals surface area (Å²) in [6.07, 6.45) is 7.84. The summed E-state index contributed by atoms with van der Waals surface area (Å²) in [5.74, 6) is 0.742. The molecule has 0 aromatic rings. The predicted molar refractivity (Wildman–Crippen MR) is 69.2 cm³/mol. The van der Waals surface area contributed by atoms with Crippen molar-refractivity contribution in [3.63, 3.8) is 0 Å². The van der Waals surface area contributed by atoms with E-state index in [2.05, 4.69) is 12.2 Å². The van der Waals surface area contributed by atoms with Gasteiger partial charge in [-0.2, -0.15) is 0 Å². The molecule has 2 fully saturated rings. The maximum absolute atomic E-state index is 6.06. The quantitative estimate of drug-likeness (QED) is 0.774. The van der Waals surface area contributed by atoms with Gasteiger partial charge in [0, 0.05) is 25.9 Å². The Kier molecular flexibility index (Phi) is 5.75. The van der Waals surface area contributed by atoms with Crippen LogP contribution in [-0.4, -0.2) is 38.5 Å². The molecule has 0 bridgehead atoms. The second kappa shape index (κ2) is 7.34. The maximum Gasteiger partial charge on any atom is 0.0590 e. The highest BCUT2D eigenvalue weighted by atomic mass is 16.5. The minimum atomic E-state index is 0.507. The van der Waals surface area contributed by atoms with Crippen LogP contribution in [0.1, 0.15) is 45.4 Å². The largest absolute Gasteiger partial charge is 0.381 e. The molecule has 1 N–H and O–H groups in total. The van der Waals surface area contributed by atoms with Gasteiger partial charge < -0.3 is 14.8 Å². The lowest BCUT2D eigenvalue weighted by atomic mass is 10.0. The molecule has 3 heteroatoms. The average Bonchev–Trinajstić information content (AvgIpc) is 2.83. The number of hydrogen-bond acceptors (Lipinski definition) is 3. The number of rotatable bonds is 6. The zero-order valence-corrected chi connectivity index (χ0v) is 11.1. The van der Waals surface area contributed by atoms with E-state index in [-0.39, 0.29) is 0 Å². The van der Waals surface area contributed by atoms with Crippen molar-refractivity contribution >= 4 is 0 Å². The molecular weight excluding hydrogens is 214 g/mol. The highest BCUT2D eigenvalue weighted by Gasteiger charge is 2.25. The minimum Gasteiger partial charge on any atom is -0.381 e. The zero-order valence-electron chi connectivity index (χ0n) is 11.1. The SMILES string of the molecule is CCCNC1CCC(OCC2CCOCC2)C1. The van der Waals surface area contributed by atoms with Gasteiger partial charge in [-0.15, -0.1) is 0 Å². The fraction of sp³-hybridized carbons (Fsp3) is 1.00. The Morgan fingerprint density at radius 3 is 2.76 bits per heavy atom. The first-order chi connectivity index (χ1) is 8.38. The first-order valence-corrected chi connectivity index (χ1v) is 7.31. The lowest BCUT2D eigenvalue weighted by Crippen LogP contribution is -2.28. The van der Waals surface area contributed by atoms with Crippen LogP contribution in [-0.2, 0) is 9.47 Å². The molecule has 0 aromatic heterocycles. The third-order valence-electron chi connectivity index (χ3n) is 3.98. The summed E-state index contributed by atoms with van der Waals surface area (Å²) in [4.78, 5) is 0. The van der Waals surface area contributed by atoms with Gasteiger partial charge in [0.15, 0.2) is 0 Å². The highest BCUT2D eigenvalue weighted by Crippen LogP contribution is 2.24. The summed E-state index contributed by atoms with van der Waals surface area (Å²) >= 11 is 0. The Morgan fingerprint density at radius 2 is 2.00 bits per heavy atom. The van der Waals surface area contributed by atoms with Crippen LogP contribution in [0.2, 0.25) is 0 Å². The van der Waals surface area contributed by atoms with Crippen molar-refractivity contribution in [2.45, 2.75) is 57.6 Å². The normalized spacial score (nSPS) is 30.9. The Hall–Kier alpha value is -0.120. The summed E-state index contributed by atoms with van der Waals surface area (Å²) in [5, 5.41) is 3.60. The third-order valence-corrected chi connectivity index (χ3v) is 3.98. The molecule has 0 amide bonds. The van der Waals surface area contributed by atoms with Gasteiger partial charge >= 0.3 is 0 Å². The van der Waals surface area contributed by atoms with Crippen molar-refractivity contribution in [1.29, 1.82) is 0 Å². The van der Waals surface area contributed by atoms with E-state index >= 15 is 0 Å². The molecule has 2 unspecified atom stereocenters. The van der Waals surface area contributed by atoms with Gasteiger partial charge in [-0.1, -0.05) is 6.92 Å². The molecule has 0 spiro atoms. The fourth-order valence-electron chi connectivity index (χ4n) is 2.81. The summed E-state index contributed by atoms with van der Waals surface area (Å²) in [6, 6.07) is 0.703. The van der Waals surface area contributed by atoms with E-state index in [4.69, 9.17) is 9.47 Å². The van der Waals surface area contributed by atoms with Crippen molar-refractivity contribution < 1.29 is 9.47 Å². The molecule has 0 radical (unpaired) electrons. The van der Waals surface area contributed by atoms with Gasteiger partial charge in [0.05, 0.1) is 6.10 Å². The molecule has 3 nitrogen and oxygen atoms in total. The van der Waals surface area contributed by atoms with E-state index in [9.17, 15) is 0 Å². The second-order valence-corrected chi connectivity index (χ2v) is 5.48. The highest BCUT2D eigenvalue weighted by molar-refractivity contribution is 4.81. The number of hydrogen-bond donors (Lipinski definition) is 1. The van der Waals surface area contributed by atoms with Gasteiger partial charge in [-0.05, 0) is 51.0 Å². The third kappa shape index (κ3) is 4.57. The van der Waals surface area contributed by atoms with Crippen molar-refractivity contribution in [2.75, 3.05) is 26.4 Å². The Balaban J connectivity index is 1.57. The molecule has 1 saturated heterocycles. The van der Waals surface area contributed by atoms with E-state index in [1.807, 2.05) is 0 Å². The van der Waals surface area contributed by atoms with Crippen LogP contribution in [0.3, 0.4) is 0 Å². The first-order valence-electron chi connectivity index (χ1n) is 7.31. The maximum atomic E-state index is 6.06. The minimum absolute atomic E-state index is 0.507. The average molecular weight is 241 g/mol. The Bertz CT molecular complexity index is 204. The van der Waals surface area contributed by atoms with Gasteiger partial charge in [-0.25, -0.2) is 0 Å². The van der Waals surface area contributed by atoms with Crippen LogP contribution in [0.5, 0.6) is 0 Å². The van der Waals surface area contributed by atoms with Gasteiger partial charge in [0.2, 0.25) is 0 Å². The van der Waals surface area contributed by atoms with Crippen molar-refractivity contribution in [3.05, 3.63) is 0 Å². The smallest absolute Gasteiger partial charge is 0.0590 e. The van der Waals surface area contributed by atoms with Crippen LogP contribution in [0, 0.1) is 5.92 Å². The van der Waals surface area contributed by atoms with Gasteiger partial charge in [-0.3, -0.25) is 0 Å². The van der Waals surface area contributed by atoms with Crippen molar-refractivity contribution in [2.24, 2.45) is 5.92 Å². The molecule has 100 valence electrons. The molecule has 1 heterocycles. The topological polar surface area (TPSA) is 30.5 Å². The van der Waals surface area contributed by atoms with E-state index in [1.54, 1.807) is 0 Å². The standard InChI is InChI=1S/C14H27NO2/c1-2-7-15-13-3-4-14(10-13)17-11-12-5-8-16-9-6-12/h12-15H,2-11H2,1H3. The lowest BCUT2D eigenvalue weighted by Gasteiger charge is -2.23. The Labute approximate surface area is 105 Å². The molecule has 1 aliphatic heterocycles. The zero-order chi connectivity index (χ0) is 11.9. The molecule has 1 saturated carbocycles.